The van der Waals surface area contributed by atoms with Gasteiger partial charge in [-0.3, -0.25) is 4.79 Å². The number of aliphatic carboxylic acids is 1. The number of amides is 2. The van der Waals surface area contributed by atoms with Gasteiger partial charge in [0.25, 0.3) is 0 Å². The Morgan fingerprint density at radius 3 is 2.14 bits per heavy atom. The van der Waals surface area contributed by atoms with E-state index < -0.39 is 18.1 Å². The van der Waals surface area contributed by atoms with Crippen LogP contribution >= 0.6 is 0 Å². The topological polar surface area (TPSA) is 105 Å². The van der Waals surface area contributed by atoms with E-state index in [0.717, 1.165) is 0 Å². The minimum atomic E-state index is -1.01. The van der Waals surface area contributed by atoms with Gasteiger partial charge in [-0.25, -0.2) is 9.59 Å². The van der Waals surface area contributed by atoms with Crippen LogP contribution < -0.4 is 10.6 Å². The highest BCUT2D eigenvalue weighted by Gasteiger charge is 2.29. The van der Waals surface area contributed by atoms with Crippen LogP contribution in [0, 0.1) is 11.8 Å². The third-order valence-electron chi connectivity index (χ3n) is 6.91. The quantitative estimate of drug-likeness (QED) is 0.399. The smallest absolute Gasteiger partial charge is 0.407 e. The molecule has 3 N–H and O–H groups in total. The molecule has 2 aromatic rings. The molecule has 35 heavy (non-hydrogen) atoms. The molecule has 1 unspecified atom stereocenters. The van der Waals surface area contributed by atoms with Crippen molar-refractivity contribution < 1.29 is 24.2 Å². The van der Waals surface area contributed by atoms with E-state index in [4.69, 9.17) is 4.74 Å². The first-order valence-electron chi connectivity index (χ1n) is 12.4. The number of carbonyl (C=O) groups is 3. The Bertz CT molecular complexity index is 992. The summed E-state index contributed by atoms with van der Waals surface area (Å²) in [5.41, 5.74) is 4.72. The first kappa shape index (κ1) is 26.3. The van der Waals surface area contributed by atoms with Crippen LogP contribution in [-0.2, 0) is 14.3 Å². The first-order valence-corrected chi connectivity index (χ1v) is 12.4. The molecular weight excluding hydrogens is 444 g/mol. The van der Waals surface area contributed by atoms with E-state index in [1.807, 2.05) is 45.0 Å². The molecule has 188 valence electrons. The van der Waals surface area contributed by atoms with Gasteiger partial charge in [-0.2, -0.15) is 0 Å². The van der Waals surface area contributed by atoms with Gasteiger partial charge in [0, 0.05) is 18.9 Å². The van der Waals surface area contributed by atoms with Crippen molar-refractivity contribution in [1.29, 1.82) is 0 Å². The number of nitrogens with one attached hydrogen (secondary N) is 2. The fraction of sp³-hybridized carbons (Fsp3) is 0.464. The molecule has 7 heteroatoms. The maximum absolute atomic E-state index is 12.3. The van der Waals surface area contributed by atoms with Crippen molar-refractivity contribution in [3.63, 3.8) is 0 Å². The number of fused-ring (bicyclic) bond motifs is 3. The largest absolute Gasteiger partial charge is 0.480 e. The van der Waals surface area contributed by atoms with Gasteiger partial charge < -0.3 is 20.5 Å². The van der Waals surface area contributed by atoms with Gasteiger partial charge in [0.05, 0.1) is 0 Å². The summed E-state index contributed by atoms with van der Waals surface area (Å²) in [4.78, 5) is 35.9. The number of hydrogen-bond donors (Lipinski definition) is 3. The number of carboxylic acid groups (broad SMARTS) is 1. The van der Waals surface area contributed by atoms with Crippen molar-refractivity contribution >= 4 is 18.0 Å². The van der Waals surface area contributed by atoms with Crippen molar-refractivity contribution in [3.05, 3.63) is 59.7 Å². The molecule has 2 aromatic carbocycles. The lowest BCUT2D eigenvalue weighted by Crippen LogP contribution is -2.45. The highest BCUT2D eigenvalue weighted by molar-refractivity contribution is 5.83. The van der Waals surface area contributed by atoms with Crippen LogP contribution in [0.4, 0.5) is 4.79 Å². The Kier molecular flexibility index (Phi) is 9.29. The zero-order valence-electron chi connectivity index (χ0n) is 20.8. The third-order valence-corrected chi connectivity index (χ3v) is 6.91. The highest BCUT2D eigenvalue weighted by atomic mass is 16.5. The van der Waals surface area contributed by atoms with Crippen molar-refractivity contribution in [2.75, 3.05) is 13.2 Å². The van der Waals surface area contributed by atoms with E-state index in [-0.39, 0.29) is 36.7 Å². The first-order chi connectivity index (χ1) is 16.8. The van der Waals surface area contributed by atoms with Crippen LogP contribution in [0.2, 0.25) is 0 Å². The second-order valence-electron chi connectivity index (χ2n) is 9.45. The van der Waals surface area contributed by atoms with Gasteiger partial charge in [-0.05, 0) is 46.9 Å². The Balaban J connectivity index is 1.38. The third kappa shape index (κ3) is 6.84. The van der Waals surface area contributed by atoms with Crippen LogP contribution in [-0.4, -0.2) is 42.3 Å². The van der Waals surface area contributed by atoms with E-state index in [2.05, 4.69) is 34.9 Å². The summed E-state index contributed by atoms with van der Waals surface area (Å²) in [7, 11) is 0. The minimum absolute atomic E-state index is 0.0237. The molecule has 3 atom stereocenters. The van der Waals surface area contributed by atoms with Gasteiger partial charge >= 0.3 is 12.1 Å². The number of benzene rings is 2. The second-order valence-corrected chi connectivity index (χ2v) is 9.45. The molecule has 0 saturated heterocycles. The lowest BCUT2D eigenvalue weighted by molar-refractivity contribution is -0.143. The van der Waals surface area contributed by atoms with Crippen LogP contribution in [0.1, 0.15) is 63.5 Å². The van der Waals surface area contributed by atoms with E-state index in [1.165, 1.54) is 22.3 Å². The Morgan fingerprint density at radius 2 is 1.57 bits per heavy atom. The molecule has 1 aliphatic rings. The summed E-state index contributed by atoms with van der Waals surface area (Å²) in [6, 6.07) is 15.6. The Hall–Kier alpha value is -3.35. The average Bonchev–Trinajstić information content (AvgIpc) is 3.17. The number of carbonyl (C=O) groups excluding carboxylic acids is 2. The summed E-state index contributed by atoms with van der Waals surface area (Å²) in [5, 5.41) is 14.7. The lowest BCUT2D eigenvalue weighted by atomic mass is 9.98. The minimum Gasteiger partial charge on any atom is -0.480 e. The highest BCUT2D eigenvalue weighted by Crippen LogP contribution is 2.44. The monoisotopic (exact) mass is 480 g/mol. The lowest BCUT2D eigenvalue weighted by Gasteiger charge is -2.20. The van der Waals surface area contributed by atoms with E-state index in [9.17, 15) is 19.5 Å². The van der Waals surface area contributed by atoms with Crippen LogP contribution in [0.3, 0.4) is 0 Å². The summed E-state index contributed by atoms with van der Waals surface area (Å²) >= 11 is 0. The van der Waals surface area contributed by atoms with Crippen LogP contribution in [0.5, 0.6) is 0 Å². The molecule has 3 rings (SSSR count). The van der Waals surface area contributed by atoms with Gasteiger partial charge in [-0.1, -0.05) is 75.7 Å². The van der Waals surface area contributed by atoms with Crippen molar-refractivity contribution in [3.8, 4) is 11.1 Å². The van der Waals surface area contributed by atoms with Crippen molar-refractivity contribution in [2.45, 2.75) is 58.4 Å². The zero-order valence-corrected chi connectivity index (χ0v) is 20.8. The van der Waals surface area contributed by atoms with Gasteiger partial charge in [0.15, 0.2) is 0 Å². The molecule has 2 amide bonds. The fourth-order valence-corrected chi connectivity index (χ4v) is 4.52. The van der Waals surface area contributed by atoms with Gasteiger partial charge in [0.1, 0.15) is 12.6 Å². The maximum Gasteiger partial charge on any atom is 0.407 e. The predicted molar refractivity (Wildman–Crippen MR) is 135 cm³/mol. The molecule has 1 aliphatic carbocycles. The number of carboxylic acids is 1. The fourth-order valence-electron chi connectivity index (χ4n) is 4.52. The van der Waals surface area contributed by atoms with E-state index >= 15 is 0 Å². The standard InChI is InChI=1S/C28H36N2O5/c1-4-19(3)26(27(32)33)30-25(31)14-13-18(2)15-16-29-28(34)35-17-24-22-11-7-5-9-20(22)21-10-6-8-12-23(21)24/h5-12,18-19,24,26H,4,13-17H2,1-3H3,(H,29,34)(H,30,31)(H,32,33)/t18?,19-,26-/m0/s1. The van der Waals surface area contributed by atoms with Crippen LogP contribution in [0.25, 0.3) is 11.1 Å². The molecule has 0 bridgehead atoms. The molecular formula is C28H36N2O5. The van der Waals surface area contributed by atoms with Crippen LogP contribution in [0.15, 0.2) is 48.5 Å². The van der Waals surface area contributed by atoms with Crippen molar-refractivity contribution in [2.24, 2.45) is 11.8 Å². The maximum atomic E-state index is 12.3. The number of rotatable bonds is 12. The molecule has 0 fully saturated rings. The molecule has 7 nitrogen and oxygen atoms in total. The summed E-state index contributed by atoms with van der Waals surface area (Å²) < 4.78 is 5.55. The molecule has 0 aliphatic heterocycles. The summed E-state index contributed by atoms with van der Waals surface area (Å²) in [6.07, 6.45) is 1.80. The molecule has 0 aromatic heterocycles. The summed E-state index contributed by atoms with van der Waals surface area (Å²) in [5.74, 6) is -1.17. The van der Waals surface area contributed by atoms with Crippen molar-refractivity contribution in [1.82, 2.24) is 10.6 Å². The number of ether oxygens (including phenoxy) is 1. The average molecular weight is 481 g/mol. The number of alkyl carbamates (subject to hydrolysis) is 1. The van der Waals surface area contributed by atoms with E-state index in [0.29, 0.717) is 25.8 Å². The normalized spacial score (nSPS) is 14.8. The molecule has 0 radical (unpaired) electrons. The molecule has 0 saturated carbocycles. The Morgan fingerprint density at radius 1 is 0.971 bits per heavy atom. The number of hydrogen-bond acceptors (Lipinski definition) is 4. The zero-order chi connectivity index (χ0) is 25.4. The molecule has 0 heterocycles. The summed E-state index contributed by atoms with van der Waals surface area (Å²) in [6.45, 7) is 6.45. The Labute approximate surface area is 207 Å². The molecule has 0 spiro atoms. The van der Waals surface area contributed by atoms with Gasteiger partial charge in [0.2, 0.25) is 5.91 Å². The predicted octanol–water partition coefficient (Wildman–Crippen LogP) is 4.95. The van der Waals surface area contributed by atoms with Gasteiger partial charge in [-0.15, -0.1) is 0 Å². The second kappa shape index (κ2) is 12.4. The van der Waals surface area contributed by atoms with E-state index in [1.54, 1.807) is 0 Å². The SMILES string of the molecule is CC[C@H](C)[C@H](NC(=O)CCC(C)CCNC(=O)OCC1c2ccccc2-c2ccccc21)C(=O)O.